The minimum absolute atomic E-state index is 0.0247. The summed E-state index contributed by atoms with van der Waals surface area (Å²) in [6.07, 6.45) is -4.63. The normalized spacial score (nSPS) is 11.1. The molecule has 0 bridgehead atoms. The van der Waals surface area contributed by atoms with Gasteiger partial charge in [-0.2, -0.15) is 13.2 Å². The van der Waals surface area contributed by atoms with E-state index in [0.717, 1.165) is 17.7 Å². The molecule has 0 unspecified atom stereocenters. The maximum absolute atomic E-state index is 12.9. The molecule has 4 nitrogen and oxygen atoms in total. The maximum atomic E-state index is 12.9. The van der Waals surface area contributed by atoms with Crippen LogP contribution >= 0.6 is 0 Å². The second-order valence-electron chi connectivity index (χ2n) is 4.69. The number of anilines is 1. The van der Waals surface area contributed by atoms with Crippen molar-refractivity contribution in [1.29, 1.82) is 0 Å². The van der Waals surface area contributed by atoms with Gasteiger partial charge in [0.15, 0.2) is 6.61 Å². The Hall–Kier alpha value is -2.70. The summed E-state index contributed by atoms with van der Waals surface area (Å²) in [7, 11) is 0. The quantitative estimate of drug-likeness (QED) is 0.676. The number of nitrogen functional groups attached to an aromatic ring is 1. The van der Waals surface area contributed by atoms with E-state index in [0.29, 0.717) is 0 Å². The van der Waals surface area contributed by atoms with E-state index in [2.05, 4.69) is 0 Å². The lowest BCUT2D eigenvalue weighted by molar-refractivity contribution is -0.149. The zero-order chi connectivity index (χ0) is 16.9. The Morgan fingerprint density at radius 1 is 1.09 bits per heavy atom. The van der Waals surface area contributed by atoms with Crippen molar-refractivity contribution in [1.82, 2.24) is 0 Å². The molecule has 0 heterocycles. The van der Waals surface area contributed by atoms with Crippen LogP contribution < -0.4 is 10.5 Å². The third-order valence-corrected chi connectivity index (χ3v) is 2.90. The summed E-state index contributed by atoms with van der Waals surface area (Å²) in [4.78, 5) is 11.6. The second kappa shape index (κ2) is 7.04. The van der Waals surface area contributed by atoms with Gasteiger partial charge in [0.2, 0.25) is 0 Å². The highest BCUT2D eigenvalue weighted by molar-refractivity contribution is 5.71. The summed E-state index contributed by atoms with van der Waals surface area (Å²) in [6.45, 7) is -0.600. The van der Waals surface area contributed by atoms with Gasteiger partial charge >= 0.3 is 12.1 Å². The molecular weight excluding hydrogens is 311 g/mol. The minimum Gasteiger partial charge on any atom is -0.481 e. The van der Waals surface area contributed by atoms with E-state index in [1.54, 1.807) is 24.3 Å². The Morgan fingerprint density at radius 2 is 1.78 bits per heavy atom. The van der Waals surface area contributed by atoms with Crippen molar-refractivity contribution in [2.24, 2.45) is 0 Å². The number of rotatable bonds is 5. The predicted molar refractivity (Wildman–Crippen MR) is 77.6 cm³/mol. The Bertz CT molecular complexity index is 672. The number of carbonyl (C=O) groups excluding carboxylic acids is 1. The lowest BCUT2D eigenvalue weighted by atomic mass is 10.1. The summed E-state index contributed by atoms with van der Waals surface area (Å²) in [6, 6.07) is 12.0. The zero-order valence-electron chi connectivity index (χ0n) is 12.0. The fourth-order valence-electron chi connectivity index (χ4n) is 1.81. The molecule has 0 aliphatic rings. The number of nitrogens with two attached hydrogens (primary N) is 1. The second-order valence-corrected chi connectivity index (χ2v) is 4.69. The third kappa shape index (κ3) is 4.91. The number of hydrogen-bond donors (Lipinski definition) is 1. The van der Waals surface area contributed by atoms with Gasteiger partial charge < -0.3 is 15.2 Å². The molecule has 122 valence electrons. The van der Waals surface area contributed by atoms with E-state index >= 15 is 0 Å². The largest absolute Gasteiger partial charge is 0.481 e. The van der Waals surface area contributed by atoms with Gasteiger partial charge in [-0.3, -0.25) is 0 Å². The summed E-state index contributed by atoms with van der Waals surface area (Å²) < 4.78 is 48.5. The molecule has 0 aromatic heterocycles. The highest BCUT2D eigenvalue weighted by Gasteiger charge is 2.34. The van der Waals surface area contributed by atoms with Crippen molar-refractivity contribution < 1.29 is 27.4 Å². The lowest BCUT2D eigenvalue weighted by Gasteiger charge is -2.14. The molecule has 0 radical (unpaired) electrons. The SMILES string of the molecule is Nc1ccc(OCC(=O)OCc2ccccc2)c(C(F)(F)F)c1. The first-order valence-corrected chi connectivity index (χ1v) is 6.65. The highest BCUT2D eigenvalue weighted by Crippen LogP contribution is 2.37. The fourth-order valence-corrected chi connectivity index (χ4v) is 1.81. The summed E-state index contributed by atoms with van der Waals surface area (Å²) in [5.74, 6) is -1.23. The Balaban J connectivity index is 1.94. The predicted octanol–water partition coefficient (Wildman–Crippen LogP) is 3.41. The molecule has 7 heteroatoms. The van der Waals surface area contributed by atoms with Crippen LogP contribution in [0.3, 0.4) is 0 Å². The molecule has 2 N–H and O–H groups in total. The van der Waals surface area contributed by atoms with Gasteiger partial charge in [0.1, 0.15) is 12.4 Å². The van der Waals surface area contributed by atoms with Gasteiger partial charge in [-0.15, -0.1) is 0 Å². The van der Waals surface area contributed by atoms with Crippen molar-refractivity contribution >= 4 is 11.7 Å². The van der Waals surface area contributed by atoms with Crippen LogP contribution in [-0.4, -0.2) is 12.6 Å². The summed E-state index contributed by atoms with van der Waals surface area (Å²) in [5, 5.41) is 0. The van der Waals surface area contributed by atoms with E-state index in [-0.39, 0.29) is 12.3 Å². The molecule has 0 saturated carbocycles. The molecule has 23 heavy (non-hydrogen) atoms. The smallest absolute Gasteiger partial charge is 0.420 e. The van der Waals surface area contributed by atoms with E-state index in [9.17, 15) is 18.0 Å². The number of esters is 1. The average molecular weight is 325 g/mol. The third-order valence-electron chi connectivity index (χ3n) is 2.90. The first-order valence-electron chi connectivity index (χ1n) is 6.65. The number of ether oxygens (including phenoxy) is 2. The molecule has 2 rings (SSSR count). The molecule has 2 aromatic carbocycles. The number of hydrogen-bond acceptors (Lipinski definition) is 4. The van der Waals surface area contributed by atoms with Gasteiger partial charge in [0.25, 0.3) is 0 Å². The number of halogens is 3. The molecular formula is C16H14F3NO3. The van der Waals surface area contributed by atoms with E-state index < -0.39 is 30.1 Å². The standard InChI is InChI=1S/C16H14F3NO3/c17-16(18,19)13-8-12(20)6-7-14(13)22-10-15(21)23-9-11-4-2-1-3-5-11/h1-8H,9-10,20H2. The van der Waals surface area contributed by atoms with E-state index in [1.165, 1.54) is 6.07 Å². The first kappa shape index (κ1) is 16.7. The van der Waals surface area contributed by atoms with Crippen LogP contribution in [-0.2, 0) is 22.3 Å². The Labute approximate surface area is 130 Å². The molecule has 0 atom stereocenters. The molecule has 0 amide bonds. The Morgan fingerprint density at radius 3 is 2.43 bits per heavy atom. The van der Waals surface area contributed by atoms with Gasteiger partial charge in [-0.05, 0) is 23.8 Å². The molecule has 2 aromatic rings. The van der Waals surface area contributed by atoms with Crippen molar-refractivity contribution in [3.8, 4) is 5.75 Å². The van der Waals surface area contributed by atoms with Crippen molar-refractivity contribution in [3.05, 3.63) is 59.7 Å². The van der Waals surface area contributed by atoms with Crippen molar-refractivity contribution in [3.63, 3.8) is 0 Å². The van der Waals surface area contributed by atoms with Gasteiger partial charge in [-0.1, -0.05) is 30.3 Å². The summed E-state index contributed by atoms with van der Waals surface area (Å²) in [5.41, 5.74) is 5.03. The molecule has 0 aliphatic heterocycles. The lowest BCUT2D eigenvalue weighted by Crippen LogP contribution is -2.17. The van der Waals surface area contributed by atoms with Crippen LogP contribution in [0.2, 0.25) is 0 Å². The van der Waals surface area contributed by atoms with Gasteiger partial charge in [0, 0.05) is 5.69 Å². The molecule has 0 saturated heterocycles. The van der Waals surface area contributed by atoms with Crippen LogP contribution in [0.5, 0.6) is 5.75 Å². The average Bonchev–Trinajstić information content (AvgIpc) is 2.52. The van der Waals surface area contributed by atoms with Crippen LogP contribution in [0.1, 0.15) is 11.1 Å². The first-order chi connectivity index (χ1) is 10.9. The van der Waals surface area contributed by atoms with Crippen LogP contribution in [0.4, 0.5) is 18.9 Å². The number of benzene rings is 2. The monoisotopic (exact) mass is 325 g/mol. The highest BCUT2D eigenvalue weighted by atomic mass is 19.4. The minimum atomic E-state index is -4.63. The van der Waals surface area contributed by atoms with Gasteiger partial charge in [0.05, 0.1) is 5.56 Å². The molecule has 0 aliphatic carbocycles. The number of carbonyl (C=O) groups is 1. The van der Waals surface area contributed by atoms with Crippen LogP contribution in [0.15, 0.2) is 48.5 Å². The molecule has 0 fully saturated rings. The number of alkyl halides is 3. The Kier molecular flexibility index (Phi) is 5.10. The molecule has 0 spiro atoms. The zero-order valence-corrected chi connectivity index (χ0v) is 12.0. The van der Waals surface area contributed by atoms with Crippen molar-refractivity contribution in [2.75, 3.05) is 12.3 Å². The van der Waals surface area contributed by atoms with Gasteiger partial charge in [-0.25, -0.2) is 4.79 Å². The van der Waals surface area contributed by atoms with Crippen molar-refractivity contribution in [2.45, 2.75) is 12.8 Å². The van der Waals surface area contributed by atoms with E-state index in [1.807, 2.05) is 6.07 Å². The maximum Gasteiger partial charge on any atom is 0.420 e. The topological polar surface area (TPSA) is 61.5 Å². The summed E-state index contributed by atoms with van der Waals surface area (Å²) >= 11 is 0. The van der Waals surface area contributed by atoms with Crippen LogP contribution in [0, 0.1) is 0 Å². The fraction of sp³-hybridized carbons (Fsp3) is 0.188. The van der Waals surface area contributed by atoms with Crippen LogP contribution in [0.25, 0.3) is 0 Å². The van der Waals surface area contributed by atoms with E-state index in [4.69, 9.17) is 15.2 Å².